The molecule has 3 amide bonds. The van der Waals surface area contributed by atoms with Gasteiger partial charge < -0.3 is 29.7 Å². The van der Waals surface area contributed by atoms with Crippen molar-refractivity contribution in [2.75, 3.05) is 19.7 Å². The molecule has 3 saturated heterocycles. The summed E-state index contributed by atoms with van der Waals surface area (Å²) in [5, 5.41) is 13.5. The maximum absolute atomic E-state index is 14.7. The molecule has 1 aromatic carbocycles. The molecule has 1 spiro atoms. The summed E-state index contributed by atoms with van der Waals surface area (Å²) >= 11 is 3.70. The van der Waals surface area contributed by atoms with Gasteiger partial charge in [-0.2, -0.15) is 0 Å². The summed E-state index contributed by atoms with van der Waals surface area (Å²) in [5.41, 5.74) is -0.394. The standard InChI is InChI=1S/C35H48BrN3O7/c1-6-9-16-27(41)37-20-23(5)45-34(44)28-29-32(42)39(25(21-40)18-24-14-11-10-12-15-24)31(35(29)19-26(36)30(28)46-35)33(43)38(17-8-3)22(4)13-7-2/h6,8,10-12,14-15,22-23,25-26,28-31,40H,1,3,7,9,13,16-21H2,2,4-5H3,(H,37,41)/t22?,23-,25-,26?,28+,29-,30+,31+,35-/m1/s1. The number of fused-ring (bicyclic) bond motifs is 1. The fourth-order valence-corrected chi connectivity index (χ4v) is 8.34. The molecule has 3 aliphatic heterocycles. The van der Waals surface area contributed by atoms with Gasteiger partial charge in [0.15, 0.2) is 0 Å². The first-order valence-electron chi connectivity index (χ1n) is 16.3. The van der Waals surface area contributed by atoms with Crippen LogP contribution in [0.2, 0.25) is 0 Å². The van der Waals surface area contributed by atoms with Crippen LogP contribution in [-0.4, -0.2) is 99.1 Å². The van der Waals surface area contributed by atoms with Crippen molar-refractivity contribution in [1.82, 2.24) is 15.1 Å². The molecule has 10 nitrogen and oxygen atoms in total. The van der Waals surface area contributed by atoms with Crippen molar-refractivity contribution in [3.8, 4) is 0 Å². The van der Waals surface area contributed by atoms with Gasteiger partial charge in [0.2, 0.25) is 17.7 Å². The summed E-state index contributed by atoms with van der Waals surface area (Å²) < 4.78 is 12.5. The smallest absolute Gasteiger partial charge is 0.312 e. The lowest BCUT2D eigenvalue weighted by atomic mass is 9.70. The first kappa shape index (κ1) is 35.8. The van der Waals surface area contributed by atoms with Gasteiger partial charge in [-0.15, -0.1) is 13.2 Å². The Bertz CT molecular complexity index is 1280. The van der Waals surface area contributed by atoms with Crippen molar-refractivity contribution in [2.45, 2.75) is 100 Å². The predicted octanol–water partition coefficient (Wildman–Crippen LogP) is 3.56. The molecule has 46 heavy (non-hydrogen) atoms. The number of carbonyl (C=O) groups is 4. The molecule has 9 atom stereocenters. The van der Waals surface area contributed by atoms with Gasteiger partial charge in [-0.25, -0.2) is 0 Å². The third kappa shape index (κ3) is 7.11. The topological polar surface area (TPSA) is 125 Å². The highest BCUT2D eigenvalue weighted by Gasteiger charge is 2.77. The van der Waals surface area contributed by atoms with Crippen molar-refractivity contribution >= 4 is 39.6 Å². The average Bonchev–Trinajstić information content (AvgIpc) is 3.63. The van der Waals surface area contributed by atoms with Crippen LogP contribution in [0, 0.1) is 11.8 Å². The number of carbonyl (C=O) groups excluding carboxylic acids is 4. The van der Waals surface area contributed by atoms with Gasteiger partial charge in [0.25, 0.3) is 0 Å². The van der Waals surface area contributed by atoms with E-state index in [1.165, 1.54) is 4.90 Å². The summed E-state index contributed by atoms with van der Waals surface area (Å²) in [6.07, 6.45) is 5.09. The fourth-order valence-electron chi connectivity index (χ4n) is 7.40. The Kier molecular flexibility index (Phi) is 12.2. The zero-order chi connectivity index (χ0) is 33.6. The summed E-state index contributed by atoms with van der Waals surface area (Å²) in [6.45, 7) is 13.2. The maximum atomic E-state index is 14.7. The van der Waals surface area contributed by atoms with E-state index >= 15 is 0 Å². The molecule has 11 heteroatoms. The van der Waals surface area contributed by atoms with E-state index in [9.17, 15) is 24.3 Å². The minimum atomic E-state index is -1.30. The second-order valence-corrected chi connectivity index (χ2v) is 13.9. The summed E-state index contributed by atoms with van der Waals surface area (Å²) in [6, 6.07) is 7.58. The highest BCUT2D eigenvalue weighted by Crippen LogP contribution is 2.61. The summed E-state index contributed by atoms with van der Waals surface area (Å²) in [4.78, 5) is 58.3. The molecule has 2 N–H and O–H groups in total. The average molecular weight is 703 g/mol. The third-order valence-electron chi connectivity index (χ3n) is 9.48. The number of alkyl halides is 1. The molecule has 3 heterocycles. The van der Waals surface area contributed by atoms with E-state index in [4.69, 9.17) is 9.47 Å². The molecule has 1 aromatic rings. The predicted molar refractivity (Wildman–Crippen MR) is 178 cm³/mol. The van der Waals surface area contributed by atoms with E-state index in [2.05, 4.69) is 41.3 Å². The number of halogens is 1. The van der Waals surface area contributed by atoms with Crippen LogP contribution in [0.25, 0.3) is 0 Å². The van der Waals surface area contributed by atoms with Crippen LogP contribution >= 0.6 is 15.9 Å². The van der Waals surface area contributed by atoms with Crippen LogP contribution in [0.3, 0.4) is 0 Å². The monoisotopic (exact) mass is 701 g/mol. The molecule has 252 valence electrons. The molecular weight excluding hydrogens is 654 g/mol. The second kappa shape index (κ2) is 15.7. The molecule has 0 radical (unpaired) electrons. The number of esters is 1. The minimum Gasteiger partial charge on any atom is -0.460 e. The molecule has 3 fully saturated rings. The van der Waals surface area contributed by atoms with Crippen molar-refractivity contribution in [2.24, 2.45) is 11.8 Å². The first-order chi connectivity index (χ1) is 22.0. The van der Waals surface area contributed by atoms with E-state index < -0.39 is 53.6 Å². The van der Waals surface area contributed by atoms with Crippen molar-refractivity contribution in [3.63, 3.8) is 0 Å². The number of amides is 3. The number of aliphatic hydroxyl groups is 1. The molecule has 4 rings (SSSR count). The number of allylic oxidation sites excluding steroid dienone is 1. The highest BCUT2D eigenvalue weighted by molar-refractivity contribution is 9.09. The molecule has 2 unspecified atom stereocenters. The fraction of sp³-hybridized carbons (Fsp3) is 0.600. The van der Waals surface area contributed by atoms with Gasteiger partial charge in [-0.05, 0) is 45.1 Å². The summed E-state index contributed by atoms with van der Waals surface area (Å²) in [5.74, 6) is -3.41. The van der Waals surface area contributed by atoms with E-state index in [1.54, 1.807) is 24.0 Å². The Morgan fingerprint density at radius 3 is 2.59 bits per heavy atom. The van der Waals surface area contributed by atoms with Gasteiger partial charge in [0.05, 0.1) is 37.1 Å². The van der Waals surface area contributed by atoms with Crippen LogP contribution in [0.1, 0.15) is 58.4 Å². The molecule has 0 aromatic heterocycles. The molecule has 3 aliphatic rings. The van der Waals surface area contributed by atoms with Crippen LogP contribution in [0.4, 0.5) is 0 Å². The van der Waals surface area contributed by atoms with Crippen LogP contribution in [-0.2, 0) is 35.1 Å². The lowest BCUT2D eigenvalue weighted by Gasteiger charge is -2.41. The Labute approximate surface area is 280 Å². The number of benzene rings is 1. The van der Waals surface area contributed by atoms with E-state index in [0.29, 0.717) is 19.3 Å². The minimum absolute atomic E-state index is 0.115. The zero-order valence-electron chi connectivity index (χ0n) is 27.1. The van der Waals surface area contributed by atoms with E-state index in [1.807, 2.05) is 37.3 Å². The second-order valence-electron chi connectivity index (χ2n) is 12.7. The van der Waals surface area contributed by atoms with Crippen molar-refractivity contribution in [1.29, 1.82) is 0 Å². The van der Waals surface area contributed by atoms with E-state index in [-0.39, 0.29) is 48.8 Å². The Morgan fingerprint density at radius 1 is 1.24 bits per heavy atom. The van der Waals surface area contributed by atoms with Crippen molar-refractivity contribution in [3.05, 3.63) is 61.2 Å². The number of ether oxygens (including phenoxy) is 2. The Morgan fingerprint density at radius 2 is 1.96 bits per heavy atom. The van der Waals surface area contributed by atoms with Gasteiger partial charge in [-0.3, -0.25) is 19.2 Å². The number of likely N-dealkylation sites (tertiary alicyclic amines) is 1. The highest BCUT2D eigenvalue weighted by atomic mass is 79.9. The van der Waals surface area contributed by atoms with Gasteiger partial charge >= 0.3 is 5.97 Å². The SMILES string of the molecule is C=CCCC(=O)NC[C@@H](C)OC(=O)[C@@H]1[C@H]2O[C@@]3(CC2Br)[C@H](C(=O)N(CC=C)C(C)CCC)N([C@@H](CO)Cc2ccccc2)C(=O)[C@@H]13. The Balaban J connectivity index is 1.69. The number of rotatable bonds is 17. The number of nitrogens with one attached hydrogen (secondary N) is 1. The Hall–Kier alpha value is -3.02. The molecule has 0 saturated carbocycles. The van der Waals surface area contributed by atoms with Gasteiger partial charge in [0.1, 0.15) is 17.7 Å². The first-order valence-corrected chi connectivity index (χ1v) is 17.2. The summed E-state index contributed by atoms with van der Waals surface area (Å²) in [7, 11) is 0. The van der Waals surface area contributed by atoms with Crippen LogP contribution in [0.15, 0.2) is 55.6 Å². The van der Waals surface area contributed by atoms with Gasteiger partial charge in [0, 0.05) is 23.8 Å². The van der Waals surface area contributed by atoms with Gasteiger partial charge in [-0.1, -0.05) is 71.8 Å². The quantitative estimate of drug-likeness (QED) is 0.145. The van der Waals surface area contributed by atoms with Crippen LogP contribution < -0.4 is 5.32 Å². The molecule has 2 bridgehead atoms. The third-order valence-corrected chi connectivity index (χ3v) is 10.3. The molecular formula is C35H48BrN3O7. The molecule has 0 aliphatic carbocycles. The maximum Gasteiger partial charge on any atom is 0.312 e. The number of hydrogen-bond acceptors (Lipinski definition) is 7. The zero-order valence-corrected chi connectivity index (χ0v) is 28.7. The normalized spacial score (nSPS) is 28.2. The largest absolute Gasteiger partial charge is 0.460 e. The number of hydrogen-bond donors (Lipinski definition) is 2. The lowest BCUT2D eigenvalue weighted by molar-refractivity contribution is -0.160. The van der Waals surface area contributed by atoms with E-state index in [0.717, 1.165) is 18.4 Å². The van der Waals surface area contributed by atoms with Crippen molar-refractivity contribution < 1.29 is 33.8 Å². The van der Waals surface area contributed by atoms with Crippen LogP contribution in [0.5, 0.6) is 0 Å². The number of nitrogens with zero attached hydrogens (tertiary/aromatic N) is 2. The number of aliphatic hydroxyl groups excluding tert-OH is 1. The lowest BCUT2D eigenvalue weighted by Crippen LogP contribution is -2.60.